The zero-order chi connectivity index (χ0) is 15.1. The van der Waals surface area contributed by atoms with Gasteiger partial charge >= 0.3 is 0 Å². The average Bonchev–Trinajstić information content (AvgIpc) is 2.45. The first-order valence-electron chi connectivity index (χ1n) is 9.26. The van der Waals surface area contributed by atoms with Crippen molar-refractivity contribution in [2.24, 2.45) is 5.92 Å². The van der Waals surface area contributed by atoms with Gasteiger partial charge in [0.2, 0.25) is 0 Å². The number of Topliss-reactive ketones (excluding diaryl/α,β-unsaturated/α-hetero) is 1. The van der Waals surface area contributed by atoms with E-state index >= 15 is 0 Å². The number of hydrogen-bond acceptors (Lipinski definition) is 1. The van der Waals surface area contributed by atoms with Gasteiger partial charge in [-0.05, 0) is 12.3 Å². The van der Waals surface area contributed by atoms with Gasteiger partial charge in [0.1, 0.15) is 5.78 Å². The van der Waals surface area contributed by atoms with Crippen LogP contribution in [0.15, 0.2) is 0 Å². The summed E-state index contributed by atoms with van der Waals surface area (Å²) < 4.78 is 0. The fourth-order valence-corrected chi connectivity index (χ4v) is 2.84. The number of rotatable bonds is 15. The number of carbonyl (C=O) groups is 1. The van der Waals surface area contributed by atoms with Gasteiger partial charge in [-0.15, -0.1) is 0 Å². The summed E-state index contributed by atoms with van der Waals surface area (Å²) in [5.41, 5.74) is 0. The van der Waals surface area contributed by atoms with E-state index in [-0.39, 0.29) is 0 Å². The van der Waals surface area contributed by atoms with E-state index in [1.54, 1.807) is 0 Å². The van der Waals surface area contributed by atoms with Crippen LogP contribution in [0, 0.1) is 5.92 Å². The summed E-state index contributed by atoms with van der Waals surface area (Å²) in [4.78, 5) is 12.0. The van der Waals surface area contributed by atoms with Gasteiger partial charge in [0.25, 0.3) is 0 Å². The zero-order valence-electron chi connectivity index (χ0n) is 14.4. The molecule has 0 aliphatic heterocycles. The van der Waals surface area contributed by atoms with E-state index in [2.05, 4.69) is 20.8 Å². The fourth-order valence-electron chi connectivity index (χ4n) is 2.84. The van der Waals surface area contributed by atoms with Gasteiger partial charge in [-0.1, -0.05) is 91.4 Å². The molecule has 0 aliphatic carbocycles. The van der Waals surface area contributed by atoms with Gasteiger partial charge in [0.05, 0.1) is 0 Å². The van der Waals surface area contributed by atoms with Crippen LogP contribution in [0.2, 0.25) is 0 Å². The van der Waals surface area contributed by atoms with Crippen LogP contribution in [0.1, 0.15) is 111 Å². The van der Waals surface area contributed by atoms with Crippen molar-refractivity contribution in [3.05, 3.63) is 0 Å². The van der Waals surface area contributed by atoms with E-state index in [4.69, 9.17) is 0 Å². The Morgan fingerprint density at radius 1 is 0.750 bits per heavy atom. The maximum atomic E-state index is 12.0. The fraction of sp³-hybridized carbons (Fsp3) is 0.947. The van der Waals surface area contributed by atoms with Crippen molar-refractivity contribution in [2.75, 3.05) is 0 Å². The summed E-state index contributed by atoms with van der Waals surface area (Å²) >= 11 is 0. The van der Waals surface area contributed by atoms with Crippen molar-refractivity contribution in [2.45, 2.75) is 111 Å². The van der Waals surface area contributed by atoms with Crippen LogP contribution >= 0.6 is 0 Å². The highest BCUT2D eigenvalue weighted by molar-refractivity contribution is 5.78. The predicted octanol–water partition coefficient (Wildman–Crippen LogP) is 6.69. The summed E-state index contributed by atoms with van der Waals surface area (Å²) in [6.45, 7) is 6.73. The van der Waals surface area contributed by atoms with E-state index in [9.17, 15) is 4.79 Å². The van der Waals surface area contributed by atoms with Crippen molar-refractivity contribution in [1.29, 1.82) is 0 Å². The van der Waals surface area contributed by atoms with Crippen LogP contribution in [-0.4, -0.2) is 5.78 Å². The lowest BCUT2D eigenvalue weighted by molar-refractivity contribution is -0.120. The first-order chi connectivity index (χ1) is 9.74. The summed E-state index contributed by atoms with van der Waals surface area (Å²) in [5, 5.41) is 0. The Balaban J connectivity index is 3.50. The SMILES string of the molecule is CCCCCCCCCC(=O)CC(CC)CCCCC. The third-order valence-electron chi connectivity index (χ3n) is 4.37. The largest absolute Gasteiger partial charge is 0.300 e. The number of ketones is 1. The second-order valence-corrected chi connectivity index (χ2v) is 6.38. The third-order valence-corrected chi connectivity index (χ3v) is 4.37. The van der Waals surface area contributed by atoms with Crippen molar-refractivity contribution < 1.29 is 4.79 Å². The maximum Gasteiger partial charge on any atom is 0.133 e. The first kappa shape index (κ1) is 19.7. The molecule has 0 saturated heterocycles. The van der Waals surface area contributed by atoms with Crippen LogP contribution in [0.4, 0.5) is 0 Å². The summed E-state index contributed by atoms with van der Waals surface area (Å²) in [7, 11) is 0. The molecule has 0 saturated carbocycles. The van der Waals surface area contributed by atoms with Crippen molar-refractivity contribution in [1.82, 2.24) is 0 Å². The van der Waals surface area contributed by atoms with E-state index in [1.165, 1.54) is 70.6 Å². The van der Waals surface area contributed by atoms with Crippen LogP contribution in [0.3, 0.4) is 0 Å². The molecule has 0 N–H and O–H groups in total. The minimum Gasteiger partial charge on any atom is -0.300 e. The summed E-state index contributed by atoms with van der Waals surface area (Å²) in [6, 6.07) is 0. The van der Waals surface area contributed by atoms with E-state index in [0.29, 0.717) is 11.7 Å². The van der Waals surface area contributed by atoms with Crippen molar-refractivity contribution >= 4 is 5.78 Å². The minimum absolute atomic E-state index is 0.516. The molecule has 0 spiro atoms. The molecule has 1 unspecified atom stereocenters. The van der Waals surface area contributed by atoms with Crippen molar-refractivity contribution in [3.63, 3.8) is 0 Å². The molecule has 0 aromatic heterocycles. The molecular formula is C19H38O. The molecule has 1 atom stereocenters. The highest BCUT2D eigenvalue weighted by Gasteiger charge is 2.11. The Labute approximate surface area is 127 Å². The van der Waals surface area contributed by atoms with Crippen LogP contribution < -0.4 is 0 Å². The Hall–Kier alpha value is -0.330. The Bertz CT molecular complexity index is 210. The third kappa shape index (κ3) is 12.7. The van der Waals surface area contributed by atoms with Gasteiger partial charge in [-0.3, -0.25) is 4.79 Å². The normalized spacial score (nSPS) is 12.6. The molecule has 20 heavy (non-hydrogen) atoms. The molecular weight excluding hydrogens is 244 g/mol. The van der Waals surface area contributed by atoms with Crippen LogP contribution in [0.5, 0.6) is 0 Å². The summed E-state index contributed by atoms with van der Waals surface area (Å²) in [5.74, 6) is 1.17. The van der Waals surface area contributed by atoms with Gasteiger partial charge in [-0.2, -0.15) is 0 Å². The quantitative estimate of drug-likeness (QED) is 0.306. The maximum absolute atomic E-state index is 12.0. The van der Waals surface area contributed by atoms with Gasteiger partial charge in [0, 0.05) is 12.8 Å². The average molecular weight is 283 g/mol. The number of carbonyl (C=O) groups excluding carboxylic acids is 1. The van der Waals surface area contributed by atoms with Gasteiger partial charge in [0.15, 0.2) is 0 Å². The molecule has 0 fully saturated rings. The second kappa shape index (κ2) is 15.1. The molecule has 0 heterocycles. The van der Waals surface area contributed by atoms with Crippen LogP contribution in [-0.2, 0) is 4.79 Å². The zero-order valence-corrected chi connectivity index (χ0v) is 14.4. The monoisotopic (exact) mass is 282 g/mol. The lowest BCUT2D eigenvalue weighted by Crippen LogP contribution is -2.08. The standard InChI is InChI=1S/C19H38O/c1-4-7-9-10-11-12-14-16-19(20)17-18(6-3)15-13-8-5-2/h18H,4-17H2,1-3H3. The molecule has 0 rings (SSSR count). The second-order valence-electron chi connectivity index (χ2n) is 6.38. The lowest BCUT2D eigenvalue weighted by Gasteiger charge is -2.13. The van der Waals surface area contributed by atoms with Crippen molar-refractivity contribution in [3.8, 4) is 0 Å². The molecule has 1 heteroatoms. The van der Waals surface area contributed by atoms with E-state index in [1.807, 2.05) is 0 Å². The molecule has 0 aliphatic rings. The highest BCUT2D eigenvalue weighted by atomic mass is 16.1. The van der Waals surface area contributed by atoms with Crippen LogP contribution in [0.25, 0.3) is 0 Å². The van der Waals surface area contributed by atoms with E-state index in [0.717, 1.165) is 19.3 Å². The topological polar surface area (TPSA) is 17.1 Å². The summed E-state index contributed by atoms with van der Waals surface area (Å²) in [6.07, 6.45) is 17.1. The molecule has 0 bridgehead atoms. The minimum atomic E-state index is 0.516. The molecule has 0 amide bonds. The Morgan fingerprint density at radius 2 is 1.30 bits per heavy atom. The molecule has 0 aromatic carbocycles. The molecule has 0 radical (unpaired) electrons. The molecule has 120 valence electrons. The Kier molecular flexibility index (Phi) is 14.8. The predicted molar refractivity (Wildman–Crippen MR) is 90.2 cm³/mol. The Morgan fingerprint density at radius 3 is 1.90 bits per heavy atom. The molecule has 0 aromatic rings. The first-order valence-corrected chi connectivity index (χ1v) is 9.26. The smallest absolute Gasteiger partial charge is 0.133 e. The van der Waals surface area contributed by atoms with E-state index < -0.39 is 0 Å². The lowest BCUT2D eigenvalue weighted by atomic mass is 9.92. The highest BCUT2D eigenvalue weighted by Crippen LogP contribution is 2.19. The number of unbranched alkanes of at least 4 members (excludes halogenated alkanes) is 8. The number of hydrogen-bond donors (Lipinski definition) is 0. The molecule has 1 nitrogen and oxygen atoms in total. The van der Waals surface area contributed by atoms with Gasteiger partial charge < -0.3 is 0 Å². The van der Waals surface area contributed by atoms with Gasteiger partial charge in [-0.25, -0.2) is 0 Å².